The summed E-state index contributed by atoms with van der Waals surface area (Å²) in [6.07, 6.45) is 1.55. The van der Waals surface area contributed by atoms with Gasteiger partial charge in [0.2, 0.25) is 5.95 Å². The second-order valence-corrected chi connectivity index (χ2v) is 7.53. The van der Waals surface area contributed by atoms with Crippen molar-refractivity contribution in [3.63, 3.8) is 0 Å². The Bertz CT molecular complexity index is 1460. The summed E-state index contributed by atoms with van der Waals surface area (Å²) in [5.74, 6) is 2.03. The molecule has 4 aromatic rings. The second kappa shape index (κ2) is 11.4. The van der Waals surface area contributed by atoms with Crippen molar-refractivity contribution in [2.75, 3.05) is 19.6 Å². The predicted octanol–water partition coefficient (Wildman–Crippen LogP) is 4.35. The molecular formula is C27H23N5O4. The highest BCUT2D eigenvalue weighted by molar-refractivity contribution is 5.81. The van der Waals surface area contributed by atoms with Crippen LogP contribution in [0.1, 0.15) is 16.7 Å². The molecule has 0 radical (unpaired) electrons. The van der Waals surface area contributed by atoms with Gasteiger partial charge in [-0.3, -0.25) is 9.78 Å². The van der Waals surface area contributed by atoms with Crippen LogP contribution in [0, 0.1) is 11.3 Å². The van der Waals surface area contributed by atoms with E-state index < -0.39 is 5.56 Å². The van der Waals surface area contributed by atoms with Gasteiger partial charge in [-0.05, 0) is 41.5 Å². The van der Waals surface area contributed by atoms with Crippen LogP contribution in [0.2, 0.25) is 0 Å². The third-order valence-electron chi connectivity index (χ3n) is 5.20. The molecule has 4 rings (SSSR count). The number of hydrogen-bond donors (Lipinski definition) is 2. The maximum absolute atomic E-state index is 12.4. The summed E-state index contributed by atoms with van der Waals surface area (Å²) in [6.45, 7) is 0.372. The Balaban J connectivity index is 1.47. The Labute approximate surface area is 207 Å². The summed E-state index contributed by atoms with van der Waals surface area (Å²) in [5, 5.41) is 13.5. The number of nitrogens with zero attached hydrogens (tertiary/aromatic N) is 3. The molecule has 0 fully saturated rings. The van der Waals surface area contributed by atoms with Crippen LogP contribution in [0.3, 0.4) is 0 Å². The van der Waals surface area contributed by atoms with Gasteiger partial charge in [0.1, 0.15) is 24.0 Å². The fourth-order valence-electron chi connectivity index (χ4n) is 3.37. The first-order valence-electron chi connectivity index (χ1n) is 10.9. The number of rotatable bonds is 9. The topological polar surface area (TPSA) is 122 Å². The molecule has 0 aliphatic rings. The average molecular weight is 482 g/mol. The molecule has 36 heavy (non-hydrogen) atoms. The van der Waals surface area contributed by atoms with E-state index in [1.54, 1.807) is 44.7 Å². The highest BCUT2D eigenvalue weighted by Crippen LogP contribution is 2.28. The third kappa shape index (κ3) is 5.69. The van der Waals surface area contributed by atoms with Crippen LogP contribution in [0.25, 0.3) is 11.3 Å². The molecule has 0 aliphatic carbocycles. The van der Waals surface area contributed by atoms with Crippen LogP contribution >= 0.6 is 0 Å². The molecule has 9 heteroatoms. The van der Waals surface area contributed by atoms with Crippen molar-refractivity contribution in [3.8, 4) is 34.6 Å². The first kappa shape index (κ1) is 24.0. The summed E-state index contributed by atoms with van der Waals surface area (Å²) < 4.78 is 16.5. The monoisotopic (exact) mass is 481 g/mol. The number of hydrazone groups is 1. The van der Waals surface area contributed by atoms with Gasteiger partial charge >= 0.3 is 0 Å². The van der Waals surface area contributed by atoms with Crippen LogP contribution in [0.15, 0.2) is 82.7 Å². The van der Waals surface area contributed by atoms with Gasteiger partial charge in [0.15, 0.2) is 11.5 Å². The second-order valence-electron chi connectivity index (χ2n) is 7.53. The summed E-state index contributed by atoms with van der Waals surface area (Å²) >= 11 is 0. The molecule has 9 nitrogen and oxygen atoms in total. The molecule has 0 unspecified atom stereocenters. The van der Waals surface area contributed by atoms with E-state index in [0.717, 1.165) is 16.9 Å². The first-order valence-corrected chi connectivity index (χ1v) is 10.9. The maximum Gasteiger partial charge on any atom is 0.270 e. The minimum Gasteiger partial charge on any atom is -0.497 e. The van der Waals surface area contributed by atoms with E-state index in [1.807, 2.05) is 54.6 Å². The normalized spacial score (nSPS) is 10.6. The lowest BCUT2D eigenvalue weighted by Gasteiger charge is -2.11. The molecule has 0 bridgehead atoms. The summed E-state index contributed by atoms with van der Waals surface area (Å²) in [5.41, 5.74) is 4.75. The van der Waals surface area contributed by atoms with E-state index in [2.05, 4.69) is 20.5 Å². The van der Waals surface area contributed by atoms with Gasteiger partial charge in [0.05, 0.1) is 26.1 Å². The quantitative estimate of drug-likeness (QED) is 0.269. The van der Waals surface area contributed by atoms with Crippen molar-refractivity contribution in [3.05, 3.63) is 99.8 Å². The van der Waals surface area contributed by atoms with Crippen molar-refractivity contribution in [1.29, 1.82) is 5.26 Å². The number of methoxy groups -OCH3 is 2. The average Bonchev–Trinajstić information content (AvgIpc) is 2.92. The highest BCUT2D eigenvalue weighted by Gasteiger charge is 2.13. The zero-order valence-corrected chi connectivity index (χ0v) is 19.7. The van der Waals surface area contributed by atoms with Crippen LogP contribution in [-0.2, 0) is 6.61 Å². The van der Waals surface area contributed by atoms with E-state index >= 15 is 0 Å². The Kier molecular flexibility index (Phi) is 7.58. The molecule has 180 valence electrons. The number of nitriles is 1. The number of aromatic amines is 1. The van der Waals surface area contributed by atoms with Gasteiger partial charge in [0, 0.05) is 5.56 Å². The molecular weight excluding hydrogens is 458 g/mol. The van der Waals surface area contributed by atoms with Crippen LogP contribution in [0.5, 0.6) is 17.2 Å². The SMILES string of the molecule is COc1ccc(COc2ccc(C=NNc3nc(-c4ccccc4)c(C#N)c(=O)[nH]3)cc2OC)cc1. The van der Waals surface area contributed by atoms with Gasteiger partial charge in [-0.1, -0.05) is 42.5 Å². The smallest absolute Gasteiger partial charge is 0.270 e. The summed E-state index contributed by atoms with van der Waals surface area (Å²) in [7, 11) is 3.18. The van der Waals surface area contributed by atoms with Crippen molar-refractivity contribution in [2.45, 2.75) is 6.61 Å². The highest BCUT2D eigenvalue weighted by atomic mass is 16.5. The molecule has 3 aromatic carbocycles. The van der Waals surface area contributed by atoms with E-state index in [4.69, 9.17) is 14.2 Å². The molecule has 0 spiro atoms. The van der Waals surface area contributed by atoms with Crippen LogP contribution < -0.4 is 25.2 Å². The minimum absolute atomic E-state index is 0.0642. The first-order chi connectivity index (χ1) is 17.6. The minimum atomic E-state index is -0.552. The van der Waals surface area contributed by atoms with Crippen molar-refractivity contribution < 1.29 is 14.2 Å². The van der Waals surface area contributed by atoms with Crippen molar-refractivity contribution in [2.24, 2.45) is 5.10 Å². The summed E-state index contributed by atoms with van der Waals surface area (Å²) in [6, 6.07) is 23.9. The lowest BCUT2D eigenvalue weighted by atomic mass is 10.1. The molecule has 0 saturated carbocycles. The number of hydrogen-bond acceptors (Lipinski definition) is 8. The molecule has 1 heterocycles. The Hall–Kier alpha value is -5.10. The molecule has 0 aliphatic heterocycles. The standard InChI is InChI=1S/C27H23N5O4/c1-34-21-11-8-18(9-12-21)17-36-23-13-10-19(14-24(23)35-2)16-29-32-27-30-25(20-6-4-3-5-7-20)22(15-28)26(33)31-27/h3-14,16H,17H2,1-2H3,(H2,30,31,32,33). The van der Waals surface area contributed by atoms with Gasteiger partial charge in [-0.15, -0.1) is 0 Å². The van der Waals surface area contributed by atoms with Crippen molar-refractivity contribution in [1.82, 2.24) is 9.97 Å². The number of ether oxygens (including phenoxy) is 3. The van der Waals surface area contributed by atoms with Crippen LogP contribution in [0.4, 0.5) is 5.95 Å². The molecule has 0 atom stereocenters. The molecule has 2 N–H and O–H groups in total. The number of aromatic nitrogens is 2. The largest absolute Gasteiger partial charge is 0.497 e. The van der Waals surface area contributed by atoms with Gasteiger partial charge in [-0.2, -0.15) is 10.4 Å². The van der Waals surface area contributed by atoms with E-state index in [-0.39, 0.29) is 17.2 Å². The lowest BCUT2D eigenvalue weighted by molar-refractivity contribution is 0.284. The molecule has 0 amide bonds. The van der Waals surface area contributed by atoms with E-state index in [0.29, 0.717) is 23.7 Å². The maximum atomic E-state index is 12.4. The number of anilines is 1. The Morgan fingerprint density at radius 3 is 2.50 bits per heavy atom. The predicted molar refractivity (Wildman–Crippen MR) is 137 cm³/mol. The molecule has 1 aromatic heterocycles. The van der Waals surface area contributed by atoms with E-state index in [1.165, 1.54) is 0 Å². The van der Waals surface area contributed by atoms with Gasteiger partial charge < -0.3 is 14.2 Å². The van der Waals surface area contributed by atoms with E-state index in [9.17, 15) is 10.1 Å². The molecule has 0 saturated heterocycles. The van der Waals surface area contributed by atoms with Gasteiger partial charge in [0.25, 0.3) is 5.56 Å². The zero-order valence-electron chi connectivity index (χ0n) is 19.7. The number of benzene rings is 3. The van der Waals surface area contributed by atoms with Crippen molar-refractivity contribution >= 4 is 12.2 Å². The fraction of sp³-hybridized carbons (Fsp3) is 0.111. The van der Waals surface area contributed by atoms with Gasteiger partial charge in [-0.25, -0.2) is 10.4 Å². The Morgan fingerprint density at radius 1 is 1.03 bits per heavy atom. The number of H-pyrrole nitrogens is 1. The fourth-order valence-corrected chi connectivity index (χ4v) is 3.37. The summed E-state index contributed by atoms with van der Waals surface area (Å²) in [4.78, 5) is 19.3. The number of nitrogens with one attached hydrogen (secondary N) is 2. The van der Waals surface area contributed by atoms with Crippen LogP contribution in [-0.4, -0.2) is 30.4 Å². The lowest BCUT2D eigenvalue weighted by Crippen LogP contribution is -2.16. The third-order valence-corrected chi connectivity index (χ3v) is 5.20. The zero-order chi connectivity index (χ0) is 25.3. The Morgan fingerprint density at radius 2 is 1.81 bits per heavy atom.